The molecular formula is C16H16N4S. The first-order valence-electron chi connectivity index (χ1n) is 6.57. The van der Waals surface area contributed by atoms with Crippen molar-refractivity contribution in [2.24, 2.45) is 0 Å². The molecule has 3 N–H and O–H groups in total. The van der Waals surface area contributed by atoms with Crippen molar-refractivity contribution < 1.29 is 0 Å². The number of aryl methyl sites for hydroxylation is 2. The number of nitrogens with two attached hydrogens (primary N) is 1. The van der Waals surface area contributed by atoms with E-state index in [9.17, 15) is 0 Å². The maximum Gasteiger partial charge on any atom is 0.144 e. The molecule has 0 radical (unpaired) electrons. The highest BCUT2D eigenvalue weighted by Gasteiger charge is 2.12. The highest BCUT2D eigenvalue weighted by atomic mass is 32.1. The largest absolute Gasteiger partial charge is 0.382 e. The van der Waals surface area contributed by atoms with Gasteiger partial charge in [-0.2, -0.15) is 0 Å². The van der Waals surface area contributed by atoms with Crippen LogP contribution in [0.3, 0.4) is 0 Å². The average Bonchev–Trinajstić information content (AvgIpc) is 2.88. The van der Waals surface area contributed by atoms with Gasteiger partial charge in [-0.25, -0.2) is 9.97 Å². The molecule has 1 aromatic carbocycles. The molecule has 0 saturated carbocycles. The number of benzene rings is 1. The summed E-state index contributed by atoms with van der Waals surface area (Å²) in [7, 11) is 0. The summed E-state index contributed by atoms with van der Waals surface area (Å²) >= 11 is 1.54. The lowest BCUT2D eigenvalue weighted by Crippen LogP contribution is -2.00. The fourth-order valence-corrected chi connectivity index (χ4v) is 3.12. The fraction of sp³-hybridized carbons (Fsp3) is 0.125. The predicted octanol–water partition coefficient (Wildman–Crippen LogP) is 3.97. The lowest BCUT2D eigenvalue weighted by atomic mass is 10.1. The van der Waals surface area contributed by atoms with Crippen LogP contribution in [0.15, 0.2) is 36.5 Å². The first kappa shape index (κ1) is 13.6. The van der Waals surface area contributed by atoms with Crippen molar-refractivity contribution in [1.82, 2.24) is 9.97 Å². The molecule has 5 heteroatoms. The Bertz CT molecular complexity index is 835. The molecule has 0 aliphatic rings. The van der Waals surface area contributed by atoms with Gasteiger partial charge in [0.15, 0.2) is 0 Å². The zero-order valence-electron chi connectivity index (χ0n) is 12.0. The third-order valence-electron chi connectivity index (χ3n) is 3.38. The van der Waals surface area contributed by atoms with Crippen molar-refractivity contribution in [2.75, 3.05) is 11.1 Å². The van der Waals surface area contributed by atoms with E-state index in [1.54, 1.807) is 0 Å². The summed E-state index contributed by atoms with van der Waals surface area (Å²) in [6.07, 6.45) is 1.49. The normalized spacial score (nSPS) is 10.8. The first-order chi connectivity index (χ1) is 10.1. The highest BCUT2D eigenvalue weighted by molar-refractivity contribution is 7.18. The van der Waals surface area contributed by atoms with E-state index < -0.39 is 0 Å². The lowest BCUT2D eigenvalue weighted by molar-refractivity contribution is 1.23. The minimum Gasteiger partial charge on any atom is -0.382 e. The van der Waals surface area contributed by atoms with Crippen LogP contribution in [0.5, 0.6) is 0 Å². The van der Waals surface area contributed by atoms with Crippen molar-refractivity contribution in [2.45, 2.75) is 13.8 Å². The third kappa shape index (κ3) is 2.48. The van der Waals surface area contributed by atoms with Crippen LogP contribution in [-0.4, -0.2) is 9.97 Å². The van der Waals surface area contributed by atoms with Crippen molar-refractivity contribution in [3.63, 3.8) is 0 Å². The van der Waals surface area contributed by atoms with Crippen LogP contribution in [0.25, 0.3) is 15.9 Å². The zero-order valence-corrected chi connectivity index (χ0v) is 12.8. The SMILES string of the molecule is C=C(Nc1cc(C)ccc1C)c1csc2c(N)ncnc12. The van der Waals surface area contributed by atoms with E-state index in [0.29, 0.717) is 5.82 Å². The van der Waals surface area contributed by atoms with Gasteiger partial charge in [-0.1, -0.05) is 18.7 Å². The zero-order chi connectivity index (χ0) is 15.0. The number of thiophene rings is 1. The smallest absolute Gasteiger partial charge is 0.144 e. The first-order valence-corrected chi connectivity index (χ1v) is 7.45. The topological polar surface area (TPSA) is 63.8 Å². The number of hydrogen-bond donors (Lipinski definition) is 2. The Kier molecular flexibility index (Phi) is 3.35. The molecule has 0 unspecified atom stereocenters. The van der Waals surface area contributed by atoms with E-state index in [1.165, 1.54) is 28.8 Å². The van der Waals surface area contributed by atoms with E-state index in [0.717, 1.165) is 27.2 Å². The van der Waals surface area contributed by atoms with E-state index in [-0.39, 0.29) is 0 Å². The van der Waals surface area contributed by atoms with Gasteiger partial charge in [-0.15, -0.1) is 11.3 Å². The quantitative estimate of drug-likeness (QED) is 0.767. The maximum atomic E-state index is 5.88. The van der Waals surface area contributed by atoms with Gasteiger partial charge in [0, 0.05) is 22.3 Å². The third-order valence-corrected chi connectivity index (χ3v) is 4.38. The Morgan fingerprint density at radius 3 is 2.90 bits per heavy atom. The van der Waals surface area contributed by atoms with Crippen LogP contribution in [0.2, 0.25) is 0 Å². The molecule has 106 valence electrons. The number of nitrogen functional groups attached to an aromatic ring is 1. The van der Waals surface area contributed by atoms with Crippen LogP contribution in [-0.2, 0) is 0 Å². The summed E-state index contributed by atoms with van der Waals surface area (Å²) in [4.78, 5) is 8.34. The molecule has 3 aromatic rings. The van der Waals surface area contributed by atoms with Crippen LogP contribution < -0.4 is 11.1 Å². The van der Waals surface area contributed by atoms with Gasteiger partial charge in [0.2, 0.25) is 0 Å². The summed E-state index contributed by atoms with van der Waals surface area (Å²) < 4.78 is 0.899. The van der Waals surface area contributed by atoms with Crippen LogP contribution >= 0.6 is 11.3 Å². The number of aromatic nitrogens is 2. The van der Waals surface area contributed by atoms with E-state index >= 15 is 0 Å². The minimum atomic E-state index is 0.510. The van der Waals surface area contributed by atoms with E-state index in [4.69, 9.17) is 5.73 Å². The second-order valence-corrected chi connectivity index (χ2v) is 5.89. The number of fused-ring (bicyclic) bond motifs is 1. The van der Waals surface area contributed by atoms with Gasteiger partial charge in [-0.3, -0.25) is 0 Å². The summed E-state index contributed by atoms with van der Waals surface area (Å²) in [5.41, 5.74) is 11.9. The molecular weight excluding hydrogens is 280 g/mol. The van der Waals surface area contributed by atoms with Crippen LogP contribution in [0.1, 0.15) is 16.7 Å². The Labute approximate surface area is 127 Å². The van der Waals surface area contributed by atoms with Crippen LogP contribution in [0, 0.1) is 13.8 Å². The van der Waals surface area contributed by atoms with Gasteiger partial charge in [-0.05, 0) is 31.0 Å². The van der Waals surface area contributed by atoms with Crippen molar-refractivity contribution in [3.8, 4) is 0 Å². The summed E-state index contributed by atoms with van der Waals surface area (Å²) in [6, 6.07) is 6.30. The Morgan fingerprint density at radius 2 is 2.10 bits per heavy atom. The maximum absolute atomic E-state index is 5.88. The molecule has 0 spiro atoms. The number of hydrogen-bond acceptors (Lipinski definition) is 5. The molecule has 0 aliphatic carbocycles. The Balaban J connectivity index is 1.98. The molecule has 2 heterocycles. The highest BCUT2D eigenvalue weighted by Crippen LogP contribution is 2.32. The Morgan fingerprint density at radius 1 is 1.29 bits per heavy atom. The van der Waals surface area contributed by atoms with Gasteiger partial charge < -0.3 is 11.1 Å². The van der Waals surface area contributed by atoms with Crippen LogP contribution in [0.4, 0.5) is 11.5 Å². The van der Waals surface area contributed by atoms with E-state index in [2.05, 4.69) is 53.9 Å². The van der Waals surface area contributed by atoms with Gasteiger partial charge >= 0.3 is 0 Å². The molecule has 0 aliphatic heterocycles. The van der Waals surface area contributed by atoms with Crippen molar-refractivity contribution >= 4 is 38.8 Å². The van der Waals surface area contributed by atoms with Gasteiger partial charge in [0.05, 0.1) is 10.2 Å². The molecule has 0 saturated heterocycles. The number of nitrogens with zero attached hydrogens (tertiary/aromatic N) is 2. The lowest BCUT2D eigenvalue weighted by Gasteiger charge is -2.12. The molecule has 0 amide bonds. The van der Waals surface area contributed by atoms with Gasteiger partial charge in [0.25, 0.3) is 0 Å². The molecule has 21 heavy (non-hydrogen) atoms. The molecule has 3 rings (SSSR count). The predicted molar refractivity (Wildman–Crippen MR) is 90.4 cm³/mol. The molecule has 4 nitrogen and oxygen atoms in total. The summed E-state index contributed by atoms with van der Waals surface area (Å²) in [6.45, 7) is 8.28. The number of anilines is 2. The van der Waals surface area contributed by atoms with Crippen molar-refractivity contribution in [1.29, 1.82) is 0 Å². The molecule has 0 fully saturated rings. The van der Waals surface area contributed by atoms with E-state index in [1.807, 2.05) is 5.38 Å². The molecule has 0 bridgehead atoms. The molecule has 0 atom stereocenters. The minimum absolute atomic E-state index is 0.510. The standard InChI is InChI=1S/C16H16N4S/c1-9-4-5-10(2)13(6-9)20-11(3)12-7-21-15-14(12)18-8-19-16(15)17/h4-8,20H,3H2,1-2H3,(H2,17,18,19). The number of rotatable bonds is 3. The van der Waals surface area contributed by atoms with Crippen molar-refractivity contribution in [3.05, 3.63) is 53.2 Å². The fourth-order valence-electron chi connectivity index (χ4n) is 2.18. The monoisotopic (exact) mass is 296 g/mol. The average molecular weight is 296 g/mol. The second kappa shape index (κ2) is 5.18. The summed E-state index contributed by atoms with van der Waals surface area (Å²) in [5, 5.41) is 5.39. The second-order valence-electron chi connectivity index (χ2n) is 5.01. The molecule has 2 aromatic heterocycles. The number of nitrogens with one attached hydrogen (secondary N) is 1. The summed E-state index contributed by atoms with van der Waals surface area (Å²) in [5.74, 6) is 0.510. The Hall–Kier alpha value is -2.40. The van der Waals surface area contributed by atoms with Gasteiger partial charge in [0.1, 0.15) is 12.1 Å².